The van der Waals surface area contributed by atoms with Gasteiger partial charge < -0.3 is 44.3 Å². The molecule has 0 radical (unpaired) electrons. The van der Waals surface area contributed by atoms with Gasteiger partial charge in [0, 0.05) is 98.9 Å². The smallest absolute Gasteiger partial charge is 0.223 e. The number of amides is 1. The van der Waals surface area contributed by atoms with Gasteiger partial charge in [0.05, 0.1) is 66.0 Å². The van der Waals surface area contributed by atoms with E-state index in [1.165, 1.54) is 32.4 Å². The number of sulfone groups is 5. The highest BCUT2D eigenvalue weighted by molar-refractivity contribution is 9.10. The molecule has 1 aliphatic heterocycles. The minimum atomic E-state index is -3.81. The van der Waals surface area contributed by atoms with E-state index >= 15 is 0 Å². The predicted octanol–water partition coefficient (Wildman–Crippen LogP) is 26.7. The zero-order valence-electron chi connectivity index (χ0n) is 81.2. The molecule has 149 heavy (non-hydrogen) atoms. The number of hydrogen-bond donors (Lipinski definition) is 5. The van der Waals surface area contributed by atoms with Crippen LogP contribution in [0.3, 0.4) is 0 Å². The van der Waals surface area contributed by atoms with Crippen molar-refractivity contribution in [3.05, 3.63) is 467 Å². The molecule has 0 saturated carbocycles. The lowest BCUT2D eigenvalue weighted by atomic mass is 9.99. The van der Waals surface area contributed by atoms with E-state index in [1.807, 2.05) is 231 Å². The Morgan fingerprint density at radius 1 is 0.416 bits per heavy atom. The Balaban J connectivity index is 0.000000139. The summed E-state index contributed by atoms with van der Waals surface area (Å²) in [6, 6.07) is 103. The van der Waals surface area contributed by atoms with Gasteiger partial charge in [-0.1, -0.05) is 298 Å². The Morgan fingerprint density at radius 3 is 1.21 bits per heavy atom. The number of para-hydroxylation sites is 1. The largest absolute Gasteiger partial charge is 0.508 e. The standard InChI is InChI=1S/C25H22BrNO4S.C25H23NO3S.C24H19NO4S.C23H21ClO4S.C21H16N2O4S/c1-16(28)22-9-8-19(18-6-4-3-5-7-18)12-21(22)15-32(30,31)25-14-24-20(13-23(25)26)10-11-27(24)17(2)29;1-17-25(23-11-7-8-12-24(23)26(17)3)30(28,29)16-21-15-20(13-14-22(21)18(2)27)19-9-5-4-6-10-19;1-17(26)21-12-11-19(18-7-3-2-4-8-18)15-20(21)16-30(27,28)24-10-6-5-9-22(24)23-13-14-25-29-23;1-16(25)23-9-8-19(18-6-4-3-5-7-18)12-20(23)15-29(26,27)22-11-17(14-28-2)10-21(24)13-22;1-14(24)18-11-10-16(15-6-3-2-4-7-15)12-17(18)13-28(25,26)20-9-5-8-19-21(20)23-27-22-19/h3-9,12-14,28H,1,10-11,15H2,2H3;4-15,27H,2,16H2,1,3H3;2-15,26H,1,16H2;3-13,25H,1,14-15H2,2H3;2-12,24H,1,13H2. The molecule has 3 aromatic heterocycles. The lowest BCUT2D eigenvalue weighted by molar-refractivity contribution is -0.116. The number of aromatic nitrogens is 4. The van der Waals surface area contributed by atoms with Gasteiger partial charge in [-0.25, -0.2) is 46.7 Å². The Labute approximate surface area is 877 Å². The summed E-state index contributed by atoms with van der Waals surface area (Å²) in [4.78, 5) is 14.3. The fourth-order valence-electron chi connectivity index (χ4n) is 17.6. The van der Waals surface area contributed by atoms with E-state index < -0.39 is 49.2 Å². The Hall–Kier alpha value is -15.9. The number of aliphatic hydroxyl groups excluding tert-OH is 5. The van der Waals surface area contributed by atoms with Gasteiger partial charge in [0.15, 0.2) is 60.5 Å². The molecule has 18 aromatic rings. The van der Waals surface area contributed by atoms with Crippen LogP contribution in [0, 0.1) is 6.92 Å². The summed E-state index contributed by atoms with van der Waals surface area (Å²) in [6.45, 7) is 22.0. The van der Waals surface area contributed by atoms with E-state index in [9.17, 15) is 72.4 Å². The molecule has 19 rings (SSSR count). The van der Waals surface area contributed by atoms with Crippen molar-refractivity contribution in [1.82, 2.24) is 20.0 Å². The third-order valence-corrected chi connectivity index (χ3v) is 34.6. The SMILES string of the molecule is C=C(O)c1ccc(-c2ccccc2)cc1CS(=O)(=O)c1c(C)n(C)c2ccccc12.C=C(O)c1ccc(-c2ccccc2)cc1CS(=O)(=O)c1cc(Cl)cc(COC)c1.C=C(O)c1ccc(-c2ccccc2)cc1CS(=O)(=O)c1cc2c(cc1Br)CCN2C(C)=O.C=C(O)c1ccc(-c2ccccc2)cc1CS(=O)(=O)c1cccc2nonc12.C=C(O)c1ccc(-c2ccccc2)cc1CS(=O)(=O)c1ccccc1-c1ccno1. The zero-order valence-corrected chi connectivity index (χ0v) is 87.6. The van der Waals surface area contributed by atoms with Gasteiger partial charge in [-0.2, -0.15) is 0 Å². The second-order valence-electron chi connectivity index (χ2n) is 35.0. The number of benzene rings is 15. The number of aliphatic hydroxyl groups is 5. The van der Waals surface area contributed by atoms with Crippen LogP contribution in [-0.2, 0) is 108 Å². The van der Waals surface area contributed by atoms with Crippen molar-refractivity contribution in [1.29, 1.82) is 0 Å². The molecule has 0 fully saturated rings. The number of ether oxygens (including phenoxy) is 1. The van der Waals surface area contributed by atoms with Crippen molar-refractivity contribution in [2.24, 2.45) is 7.05 Å². The van der Waals surface area contributed by atoms with Crippen LogP contribution in [0.2, 0.25) is 5.02 Å². The first-order chi connectivity index (χ1) is 71.2. The van der Waals surface area contributed by atoms with E-state index in [-0.39, 0.29) is 95.2 Å². The van der Waals surface area contributed by atoms with Crippen LogP contribution in [0.15, 0.2) is 423 Å². The average Bonchev–Trinajstić information content (AvgIpc) is 1.68. The molecule has 1 amide bonds. The predicted molar refractivity (Wildman–Crippen MR) is 592 cm³/mol. The summed E-state index contributed by atoms with van der Waals surface area (Å²) in [7, 11) is -15.4. The summed E-state index contributed by atoms with van der Waals surface area (Å²) >= 11 is 9.51. The minimum absolute atomic E-state index is 0.0332. The molecule has 31 heteroatoms. The maximum atomic E-state index is 13.5. The minimum Gasteiger partial charge on any atom is -0.508 e. The number of aryl methyl sites for hydroxylation is 1. The van der Waals surface area contributed by atoms with Gasteiger partial charge in [-0.3, -0.25) is 4.79 Å². The maximum Gasteiger partial charge on any atom is 0.223 e. The molecule has 0 unspecified atom stereocenters. The van der Waals surface area contributed by atoms with Crippen molar-refractivity contribution < 1.29 is 86.3 Å². The highest BCUT2D eigenvalue weighted by Crippen LogP contribution is 2.42. The Bertz CT molecular complexity index is 8780. The molecular formula is C118H101BrClN5O19S5. The molecule has 4 heterocycles. The van der Waals surface area contributed by atoms with E-state index in [0.29, 0.717) is 122 Å². The van der Waals surface area contributed by atoms with Gasteiger partial charge in [-0.15, -0.1) is 0 Å². The third-order valence-electron chi connectivity index (χ3n) is 24.9. The highest BCUT2D eigenvalue weighted by Gasteiger charge is 2.33. The van der Waals surface area contributed by atoms with Crippen LogP contribution in [0.4, 0.5) is 5.69 Å². The second kappa shape index (κ2) is 46.4. The lowest BCUT2D eigenvalue weighted by Crippen LogP contribution is -2.26. The van der Waals surface area contributed by atoms with Crippen LogP contribution in [0.5, 0.6) is 0 Å². The van der Waals surface area contributed by atoms with Gasteiger partial charge in [0.25, 0.3) is 0 Å². The van der Waals surface area contributed by atoms with Crippen molar-refractivity contribution in [3.63, 3.8) is 0 Å². The molecule has 756 valence electrons. The summed E-state index contributed by atoms with van der Waals surface area (Å²) in [6.07, 6.45) is 2.15. The molecule has 5 N–H and O–H groups in total. The first-order valence-electron chi connectivity index (χ1n) is 46.3. The molecule has 0 spiro atoms. The van der Waals surface area contributed by atoms with E-state index in [2.05, 4.69) is 68.9 Å². The molecular weight excluding hydrogens is 2070 g/mol. The molecule has 24 nitrogen and oxygen atoms in total. The van der Waals surface area contributed by atoms with Gasteiger partial charge in [0.2, 0.25) is 5.91 Å². The fourth-order valence-corrected chi connectivity index (χ4v) is 27.0. The highest BCUT2D eigenvalue weighted by atomic mass is 79.9. The molecule has 0 aliphatic carbocycles. The fraction of sp³-hybridized carbons (Fsp3) is 0.102. The molecule has 0 saturated heterocycles. The number of carbonyl (C=O) groups is 1. The summed E-state index contributed by atoms with van der Waals surface area (Å²) < 4.78 is 151. The number of halogens is 2. The molecule has 0 atom stereocenters. The molecule has 15 aromatic carbocycles. The van der Waals surface area contributed by atoms with Crippen LogP contribution in [-0.4, -0.2) is 107 Å². The number of nitrogens with zero attached hydrogens (tertiary/aromatic N) is 5. The molecule has 0 bridgehead atoms. The quantitative estimate of drug-likeness (QED) is 0.0284. The Kier molecular flexibility index (Phi) is 33.5. The first kappa shape index (κ1) is 107. The van der Waals surface area contributed by atoms with E-state index in [0.717, 1.165) is 66.7 Å². The number of fused-ring (bicyclic) bond motifs is 3. The number of hydrogen-bond acceptors (Lipinski definition) is 22. The van der Waals surface area contributed by atoms with Crippen LogP contribution < -0.4 is 4.90 Å². The second-order valence-corrected chi connectivity index (χ2v) is 46.1. The molecule has 1 aliphatic rings. The van der Waals surface area contributed by atoms with Crippen LogP contribution in [0.1, 0.15) is 79.4 Å². The number of methoxy groups -OCH3 is 1. The summed E-state index contributed by atoms with van der Waals surface area (Å²) in [5.41, 5.74) is 18.2. The lowest BCUT2D eigenvalue weighted by Gasteiger charge is -2.17. The number of rotatable bonds is 28. The van der Waals surface area contributed by atoms with Crippen molar-refractivity contribution in [2.45, 2.75) is 80.1 Å². The zero-order chi connectivity index (χ0) is 106. The van der Waals surface area contributed by atoms with Crippen molar-refractivity contribution in [3.8, 4) is 67.0 Å². The van der Waals surface area contributed by atoms with E-state index in [1.54, 1.807) is 126 Å². The topological polar surface area (TPSA) is 371 Å². The van der Waals surface area contributed by atoms with Crippen LogP contribution >= 0.6 is 27.5 Å². The third kappa shape index (κ3) is 25.3. The monoisotopic (exact) mass is 2170 g/mol. The van der Waals surface area contributed by atoms with Gasteiger partial charge in [0.1, 0.15) is 34.3 Å². The average molecular weight is 2170 g/mol. The van der Waals surface area contributed by atoms with Gasteiger partial charge in [-0.05, 0) is 225 Å². The maximum absolute atomic E-state index is 13.5. The normalized spacial score (nSPS) is 11.8. The number of carbonyl (C=O) groups excluding carboxylic acids is 1. The number of anilines is 1. The van der Waals surface area contributed by atoms with Crippen molar-refractivity contribution >= 4 is 139 Å². The summed E-state index contributed by atoms with van der Waals surface area (Å²) in [5.74, 6) is -2.09. The van der Waals surface area contributed by atoms with Crippen molar-refractivity contribution in [2.75, 3.05) is 18.6 Å². The summed E-state index contributed by atoms with van der Waals surface area (Å²) in [5, 5.41) is 62.2. The van der Waals surface area contributed by atoms with Gasteiger partial charge >= 0.3 is 0 Å². The van der Waals surface area contributed by atoms with Crippen LogP contribution in [0.25, 0.3) is 118 Å². The Morgan fingerprint density at radius 2 is 0.799 bits per heavy atom. The van der Waals surface area contributed by atoms with E-state index in [4.69, 9.17) is 20.9 Å². The first-order valence-corrected chi connectivity index (χ1v) is 55.7.